The van der Waals surface area contributed by atoms with Crippen molar-refractivity contribution in [2.75, 3.05) is 0 Å². The summed E-state index contributed by atoms with van der Waals surface area (Å²) in [5.74, 6) is 1.26. The van der Waals surface area contributed by atoms with Crippen molar-refractivity contribution in [3.05, 3.63) is 22.8 Å². The first-order valence-corrected chi connectivity index (χ1v) is 5.95. The van der Waals surface area contributed by atoms with E-state index >= 15 is 0 Å². The summed E-state index contributed by atoms with van der Waals surface area (Å²) < 4.78 is 0. The van der Waals surface area contributed by atoms with E-state index in [-0.39, 0.29) is 0 Å². The van der Waals surface area contributed by atoms with Gasteiger partial charge in [-0.2, -0.15) is 0 Å². The molecular weight excluding hydrogens is 184 g/mol. The van der Waals surface area contributed by atoms with Gasteiger partial charge in [0.05, 0.1) is 0 Å². The van der Waals surface area contributed by atoms with Gasteiger partial charge in [0.25, 0.3) is 0 Å². The maximum atomic E-state index is 11.5. The first-order valence-electron chi connectivity index (χ1n) is 5.95. The van der Waals surface area contributed by atoms with Crippen LogP contribution >= 0.6 is 0 Å². The molecule has 1 nitrogen and oxygen atoms in total. The van der Waals surface area contributed by atoms with Crippen LogP contribution in [0.15, 0.2) is 22.8 Å². The van der Waals surface area contributed by atoms with Gasteiger partial charge in [-0.3, -0.25) is 4.79 Å². The molecule has 0 unspecified atom stereocenters. The third kappa shape index (κ3) is 1.92. The lowest BCUT2D eigenvalue weighted by Gasteiger charge is -2.17. The van der Waals surface area contributed by atoms with Crippen LogP contribution < -0.4 is 0 Å². The fourth-order valence-electron chi connectivity index (χ4n) is 2.95. The van der Waals surface area contributed by atoms with Crippen molar-refractivity contribution in [3.63, 3.8) is 0 Å². The molecule has 0 N–H and O–H groups in total. The highest BCUT2D eigenvalue weighted by atomic mass is 16.1. The van der Waals surface area contributed by atoms with Crippen molar-refractivity contribution in [1.29, 1.82) is 0 Å². The monoisotopic (exact) mass is 204 g/mol. The van der Waals surface area contributed by atoms with Crippen LogP contribution in [0, 0.1) is 11.8 Å². The third-order valence-corrected chi connectivity index (χ3v) is 4.13. The van der Waals surface area contributed by atoms with Crippen molar-refractivity contribution in [2.24, 2.45) is 11.8 Å². The summed E-state index contributed by atoms with van der Waals surface area (Å²) in [5, 5.41) is 0. The number of hydrogen-bond acceptors (Lipinski definition) is 1. The second-order valence-electron chi connectivity index (χ2n) is 5.09. The molecule has 0 aromatic carbocycles. The first-order chi connectivity index (χ1) is 7.09. The van der Waals surface area contributed by atoms with Crippen molar-refractivity contribution < 1.29 is 4.79 Å². The van der Waals surface area contributed by atoms with Crippen LogP contribution in [0.3, 0.4) is 0 Å². The van der Waals surface area contributed by atoms with Crippen LogP contribution in [-0.2, 0) is 4.79 Å². The van der Waals surface area contributed by atoms with Gasteiger partial charge in [-0.25, -0.2) is 0 Å². The van der Waals surface area contributed by atoms with Crippen molar-refractivity contribution in [1.82, 2.24) is 0 Å². The quantitative estimate of drug-likeness (QED) is 0.596. The number of carbonyl (C=O) groups excluding carboxylic acids is 1. The minimum absolute atomic E-state index is 0.295. The van der Waals surface area contributed by atoms with Gasteiger partial charge in [0.2, 0.25) is 0 Å². The zero-order valence-corrected chi connectivity index (χ0v) is 9.97. The number of carbonyl (C=O) groups is 1. The summed E-state index contributed by atoms with van der Waals surface area (Å²) in [6, 6.07) is 0. The number of allylic oxidation sites excluding steroid dienone is 4. The fourth-order valence-corrected chi connectivity index (χ4v) is 2.95. The standard InChI is InChI=1S/C14H20O/c1-9-4-6-12(11(3)15)8-14-10(2)5-7-13(9)14/h5,12,14H,4,6-8H2,1-3H3/t12-,14-/m1/s1. The molecule has 0 spiro atoms. The van der Waals surface area contributed by atoms with Gasteiger partial charge in [0.15, 0.2) is 0 Å². The average molecular weight is 204 g/mol. The van der Waals surface area contributed by atoms with E-state index in [2.05, 4.69) is 19.9 Å². The smallest absolute Gasteiger partial charge is 0.132 e. The van der Waals surface area contributed by atoms with Gasteiger partial charge < -0.3 is 0 Å². The molecule has 0 heterocycles. The number of ketones is 1. The van der Waals surface area contributed by atoms with E-state index in [1.54, 1.807) is 12.5 Å². The molecule has 2 aliphatic rings. The molecular formula is C14H20O. The molecule has 1 heteroatoms. The average Bonchev–Trinajstić information content (AvgIpc) is 2.43. The molecule has 2 atom stereocenters. The van der Waals surface area contributed by atoms with Crippen LogP contribution in [0.2, 0.25) is 0 Å². The molecule has 82 valence electrons. The van der Waals surface area contributed by atoms with E-state index in [0.717, 1.165) is 25.7 Å². The van der Waals surface area contributed by atoms with Gasteiger partial charge >= 0.3 is 0 Å². The summed E-state index contributed by atoms with van der Waals surface area (Å²) in [7, 11) is 0. The first kappa shape index (κ1) is 10.7. The highest BCUT2D eigenvalue weighted by Gasteiger charge is 2.30. The molecule has 0 radical (unpaired) electrons. The minimum atomic E-state index is 0.295. The maximum absolute atomic E-state index is 11.5. The summed E-state index contributed by atoms with van der Waals surface area (Å²) in [6.07, 6.45) is 6.72. The highest BCUT2D eigenvalue weighted by molar-refractivity contribution is 5.78. The van der Waals surface area contributed by atoms with Crippen LogP contribution in [0.1, 0.15) is 46.5 Å². The lowest BCUT2D eigenvalue weighted by molar-refractivity contribution is -0.121. The van der Waals surface area contributed by atoms with E-state index in [9.17, 15) is 4.79 Å². The molecule has 2 aliphatic carbocycles. The molecule has 0 bridgehead atoms. The van der Waals surface area contributed by atoms with Gasteiger partial charge in [-0.05, 0) is 46.5 Å². The molecule has 0 aliphatic heterocycles. The lowest BCUT2D eigenvalue weighted by Crippen LogP contribution is -2.14. The molecule has 2 rings (SSSR count). The number of Topliss-reactive ketones (excluding diaryl/α,β-unsaturated/α-hetero) is 1. The van der Waals surface area contributed by atoms with Crippen LogP contribution in [0.25, 0.3) is 0 Å². The van der Waals surface area contributed by atoms with Crippen LogP contribution in [-0.4, -0.2) is 5.78 Å². The molecule has 0 aromatic heterocycles. The number of hydrogen-bond donors (Lipinski definition) is 0. The topological polar surface area (TPSA) is 17.1 Å². The lowest BCUT2D eigenvalue weighted by atomic mass is 9.86. The fraction of sp³-hybridized carbons (Fsp3) is 0.643. The Balaban J connectivity index is 2.25. The van der Waals surface area contributed by atoms with Crippen molar-refractivity contribution in [3.8, 4) is 0 Å². The van der Waals surface area contributed by atoms with Crippen molar-refractivity contribution >= 4 is 5.78 Å². The van der Waals surface area contributed by atoms with E-state index in [1.165, 1.54) is 11.1 Å². The van der Waals surface area contributed by atoms with Crippen LogP contribution in [0.5, 0.6) is 0 Å². The molecule has 0 saturated carbocycles. The Bertz CT molecular complexity index is 346. The Morgan fingerprint density at radius 1 is 1.40 bits per heavy atom. The summed E-state index contributed by atoms with van der Waals surface area (Å²) >= 11 is 0. The second kappa shape index (κ2) is 3.96. The molecule has 0 aromatic rings. The largest absolute Gasteiger partial charge is 0.300 e. The Morgan fingerprint density at radius 3 is 2.80 bits per heavy atom. The van der Waals surface area contributed by atoms with E-state index in [0.29, 0.717) is 17.6 Å². The molecule has 0 saturated heterocycles. The Kier molecular flexibility index (Phi) is 2.81. The van der Waals surface area contributed by atoms with Crippen LogP contribution in [0.4, 0.5) is 0 Å². The minimum Gasteiger partial charge on any atom is -0.300 e. The van der Waals surface area contributed by atoms with E-state index in [4.69, 9.17) is 0 Å². The Morgan fingerprint density at radius 2 is 2.13 bits per heavy atom. The van der Waals surface area contributed by atoms with Gasteiger partial charge in [-0.15, -0.1) is 0 Å². The Hall–Kier alpha value is -0.850. The predicted octanol–water partition coefficient (Wildman–Crippen LogP) is 3.66. The highest BCUT2D eigenvalue weighted by Crippen LogP contribution is 2.42. The van der Waals surface area contributed by atoms with Gasteiger partial charge in [-0.1, -0.05) is 22.8 Å². The summed E-state index contributed by atoms with van der Waals surface area (Å²) in [4.78, 5) is 11.5. The number of fused-ring (bicyclic) bond motifs is 1. The van der Waals surface area contributed by atoms with Gasteiger partial charge in [0.1, 0.15) is 5.78 Å². The number of rotatable bonds is 1. The summed E-state index contributed by atoms with van der Waals surface area (Å²) in [5.41, 5.74) is 4.63. The Labute approximate surface area is 92.3 Å². The molecule has 15 heavy (non-hydrogen) atoms. The SMILES string of the molecule is CC(=O)[C@@H]1CCC(C)=C2CC=C(C)[C@H]2C1. The normalized spacial score (nSPS) is 31.0. The predicted molar refractivity (Wildman–Crippen MR) is 62.6 cm³/mol. The third-order valence-electron chi connectivity index (χ3n) is 4.13. The maximum Gasteiger partial charge on any atom is 0.132 e. The van der Waals surface area contributed by atoms with Crippen molar-refractivity contribution in [2.45, 2.75) is 46.5 Å². The zero-order valence-electron chi connectivity index (χ0n) is 9.97. The molecule has 0 amide bonds. The van der Waals surface area contributed by atoms with Gasteiger partial charge in [0, 0.05) is 11.8 Å². The molecule has 0 fully saturated rings. The zero-order chi connectivity index (χ0) is 11.0. The van der Waals surface area contributed by atoms with E-state index in [1.807, 2.05) is 0 Å². The second-order valence-corrected chi connectivity index (χ2v) is 5.09. The van der Waals surface area contributed by atoms with E-state index < -0.39 is 0 Å². The summed E-state index contributed by atoms with van der Waals surface area (Å²) in [6.45, 7) is 6.21.